The number of allylic oxidation sites excluding steroid dienone is 2. The second kappa shape index (κ2) is 4.84. The van der Waals surface area contributed by atoms with Gasteiger partial charge in [0.05, 0.1) is 23.8 Å². The number of hydrogen-bond acceptors (Lipinski definition) is 3. The second-order valence-electron chi connectivity index (χ2n) is 4.90. The molecular weight excluding hydrogens is 240 g/mol. The van der Waals surface area contributed by atoms with Crippen LogP contribution in [0.25, 0.3) is 5.65 Å². The Hall–Kier alpha value is -2.17. The van der Waals surface area contributed by atoms with Crippen molar-refractivity contribution in [2.75, 3.05) is 5.32 Å². The van der Waals surface area contributed by atoms with Gasteiger partial charge < -0.3 is 5.32 Å². The molecule has 0 bridgehead atoms. The Morgan fingerprint density at radius 2 is 2.37 bits per heavy atom. The van der Waals surface area contributed by atoms with Gasteiger partial charge >= 0.3 is 0 Å². The molecule has 0 spiro atoms. The molecule has 0 aliphatic heterocycles. The van der Waals surface area contributed by atoms with Gasteiger partial charge in [0.2, 0.25) is 5.91 Å². The molecule has 0 saturated carbocycles. The predicted octanol–water partition coefficient (Wildman–Crippen LogP) is 2.33. The highest BCUT2D eigenvalue weighted by molar-refractivity contribution is 5.92. The van der Waals surface area contributed by atoms with Gasteiger partial charge in [0.15, 0.2) is 5.65 Å². The Bertz CT molecular complexity index is 644. The number of amides is 1. The van der Waals surface area contributed by atoms with Crippen molar-refractivity contribution >= 4 is 17.2 Å². The first-order valence-corrected chi connectivity index (χ1v) is 6.50. The quantitative estimate of drug-likeness (QED) is 0.839. The molecule has 0 radical (unpaired) electrons. The molecule has 0 aromatic carbocycles. The van der Waals surface area contributed by atoms with Crippen LogP contribution in [0, 0.1) is 12.8 Å². The van der Waals surface area contributed by atoms with E-state index in [1.165, 1.54) is 0 Å². The summed E-state index contributed by atoms with van der Waals surface area (Å²) in [5.41, 5.74) is 2.39. The highest BCUT2D eigenvalue weighted by Crippen LogP contribution is 2.20. The standard InChI is InChI=1S/C14H16N4O/c1-10-7-13-15-8-12(9-18(13)17-10)16-14(19)11-5-3-2-4-6-11/h2-3,7-9,11H,4-6H2,1H3,(H,16,19). The fraction of sp³-hybridized carbons (Fsp3) is 0.357. The van der Waals surface area contributed by atoms with Crippen LogP contribution in [-0.2, 0) is 4.79 Å². The molecule has 1 atom stereocenters. The molecular formula is C14H16N4O. The van der Waals surface area contributed by atoms with Crippen LogP contribution < -0.4 is 5.32 Å². The van der Waals surface area contributed by atoms with Gasteiger partial charge in [-0.2, -0.15) is 5.10 Å². The van der Waals surface area contributed by atoms with Crippen molar-refractivity contribution in [1.29, 1.82) is 0 Å². The Kier molecular flexibility index (Phi) is 3.03. The van der Waals surface area contributed by atoms with Crippen molar-refractivity contribution in [3.63, 3.8) is 0 Å². The first-order chi connectivity index (χ1) is 9.22. The molecule has 1 N–H and O–H groups in total. The summed E-state index contributed by atoms with van der Waals surface area (Å²) in [5.74, 6) is 0.134. The summed E-state index contributed by atoms with van der Waals surface area (Å²) in [6.07, 6.45) is 10.4. The first kappa shape index (κ1) is 11.9. The zero-order valence-electron chi connectivity index (χ0n) is 10.8. The Labute approximate surface area is 111 Å². The number of rotatable bonds is 2. The molecule has 2 aromatic heterocycles. The van der Waals surface area contributed by atoms with E-state index >= 15 is 0 Å². The number of aromatic nitrogens is 3. The second-order valence-corrected chi connectivity index (χ2v) is 4.90. The molecule has 3 rings (SSSR count). The Balaban J connectivity index is 1.76. The van der Waals surface area contributed by atoms with E-state index in [4.69, 9.17) is 0 Å². The fourth-order valence-corrected chi connectivity index (χ4v) is 2.34. The third-order valence-electron chi connectivity index (χ3n) is 3.34. The van der Waals surface area contributed by atoms with Crippen LogP contribution in [0.3, 0.4) is 0 Å². The van der Waals surface area contributed by atoms with Crippen molar-refractivity contribution < 1.29 is 4.79 Å². The molecule has 0 fully saturated rings. The largest absolute Gasteiger partial charge is 0.323 e. The lowest BCUT2D eigenvalue weighted by molar-refractivity contribution is -0.120. The van der Waals surface area contributed by atoms with Crippen LogP contribution in [0.1, 0.15) is 25.0 Å². The van der Waals surface area contributed by atoms with Crippen molar-refractivity contribution in [3.8, 4) is 0 Å². The molecule has 1 aliphatic carbocycles. The summed E-state index contributed by atoms with van der Waals surface area (Å²) < 4.78 is 1.69. The lowest BCUT2D eigenvalue weighted by Crippen LogP contribution is -2.23. The molecule has 98 valence electrons. The highest BCUT2D eigenvalue weighted by atomic mass is 16.1. The van der Waals surface area contributed by atoms with Crippen LogP contribution in [0.4, 0.5) is 5.69 Å². The summed E-state index contributed by atoms with van der Waals surface area (Å²) in [6, 6.07) is 1.90. The van der Waals surface area contributed by atoms with Gasteiger partial charge in [0, 0.05) is 12.0 Å². The number of carbonyl (C=O) groups excluding carboxylic acids is 1. The molecule has 19 heavy (non-hydrogen) atoms. The lowest BCUT2D eigenvalue weighted by Gasteiger charge is -2.17. The zero-order chi connectivity index (χ0) is 13.2. The third-order valence-corrected chi connectivity index (χ3v) is 3.34. The molecule has 5 heteroatoms. The molecule has 5 nitrogen and oxygen atoms in total. The van der Waals surface area contributed by atoms with Crippen LogP contribution >= 0.6 is 0 Å². The maximum atomic E-state index is 12.1. The number of nitrogens with one attached hydrogen (secondary N) is 1. The van der Waals surface area contributed by atoms with E-state index in [0.717, 1.165) is 30.6 Å². The van der Waals surface area contributed by atoms with Gasteiger partial charge in [-0.05, 0) is 26.2 Å². The van der Waals surface area contributed by atoms with E-state index in [1.54, 1.807) is 16.9 Å². The minimum atomic E-state index is 0.0642. The van der Waals surface area contributed by atoms with Crippen LogP contribution in [0.5, 0.6) is 0 Å². The van der Waals surface area contributed by atoms with Gasteiger partial charge in [-0.1, -0.05) is 12.2 Å². The number of carbonyl (C=O) groups is 1. The highest BCUT2D eigenvalue weighted by Gasteiger charge is 2.18. The summed E-state index contributed by atoms with van der Waals surface area (Å²) >= 11 is 0. The topological polar surface area (TPSA) is 59.3 Å². The predicted molar refractivity (Wildman–Crippen MR) is 72.8 cm³/mol. The number of anilines is 1. The monoisotopic (exact) mass is 256 g/mol. The van der Waals surface area contributed by atoms with Crippen molar-refractivity contribution in [2.24, 2.45) is 5.92 Å². The normalized spacial score (nSPS) is 18.7. The number of nitrogens with zero attached hydrogens (tertiary/aromatic N) is 3. The fourth-order valence-electron chi connectivity index (χ4n) is 2.34. The number of fused-ring (bicyclic) bond motifs is 1. The lowest BCUT2D eigenvalue weighted by atomic mass is 9.94. The number of hydrogen-bond donors (Lipinski definition) is 1. The third kappa shape index (κ3) is 2.50. The Morgan fingerprint density at radius 1 is 1.47 bits per heavy atom. The van der Waals surface area contributed by atoms with Crippen molar-refractivity contribution in [1.82, 2.24) is 14.6 Å². The molecule has 1 unspecified atom stereocenters. The van der Waals surface area contributed by atoms with Crippen LogP contribution in [-0.4, -0.2) is 20.5 Å². The van der Waals surface area contributed by atoms with Gasteiger partial charge in [-0.3, -0.25) is 4.79 Å². The van der Waals surface area contributed by atoms with E-state index in [9.17, 15) is 4.79 Å². The van der Waals surface area contributed by atoms with E-state index in [2.05, 4.69) is 27.6 Å². The van der Waals surface area contributed by atoms with E-state index in [-0.39, 0.29) is 11.8 Å². The first-order valence-electron chi connectivity index (χ1n) is 6.50. The van der Waals surface area contributed by atoms with Gasteiger partial charge in [0.25, 0.3) is 0 Å². The summed E-state index contributed by atoms with van der Waals surface area (Å²) in [7, 11) is 0. The Morgan fingerprint density at radius 3 is 3.16 bits per heavy atom. The van der Waals surface area contributed by atoms with E-state index in [0.29, 0.717) is 5.69 Å². The molecule has 0 saturated heterocycles. The van der Waals surface area contributed by atoms with Gasteiger partial charge in [0.1, 0.15) is 0 Å². The maximum absolute atomic E-state index is 12.1. The molecule has 2 heterocycles. The minimum absolute atomic E-state index is 0.0642. The van der Waals surface area contributed by atoms with E-state index < -0.39 is 0 Å². The smallest absolute Gasteiger partial charge is 0.227 e. The molecule has 1 amide bonds. The molecule has 1 aliphatic rings. The van der Waals surface area contributed by atoms with Gasteiger partial charge in [-0.25, -0.2) is 9.50 Å². The van der Waals surface area contributed by atoms with Crippen molar-refractivity contribution in [3.05, 3.63) is 36.3 Å². The van der Waals surface area contributed by atoms with Crippen molar-refractivity contribution in [2.45, 2.75) is 26.2 Å². The SMILES string of the molecule is Cc1cc2ncc(NC(=O)C3CC=CCC3)cn2n1. The summed E-state index contributed by atoms with van der Waals surface area (Å²) in [6.45, 7) is 1.92. The van der Waals surface area contributed by atoms with Crippen LogP contribution in [0.15, 0.2) is 30.6 Å². The van der Waals surface area contributed by atoms with Crippen LogP contribution in [0.2, 0.25) is 0 Å². The number of aryl methyl sites for hydroxylation is 1. The van der Waals surface area contributed by atoms with Gasteiger partial charge in [-0.15, -0.1) is 0 Å². The molecule has 2 aromatic rings. The summed E-state index contributed by atoms with van der Waals surface area (Å²) in [5, 5.41) is 7.20. The average Bonchev–Trinajstić information content (AvgIpc) is 2.79. The maximum Gasteiger partial charge on any atom is 0.227 e. The minimum Gasteiger partial charge on any atom is -0.323 e. The summed E-state index contributed by atoms with van der Waals surface area (Å²) in [4.78, 5) is 16.4. The average molecular weight is 256 g/mol. The zero-order valence-corrected chi connectivity index (χ0v) is 10.8. The van der Waals surface area contributed by atoms with E-state index in [1.807, 2.05) is 13.0 Å².